The van der Waals surface area contributed by atoms with Crippen molar-refractivity contribution in [1.29, 1.82) is 0 Å². The molecule has 1 aliphatic carbocycles. The summed E-state index contributed by atoms with van der Waals surface area (Å²) in [7, 11) is 0. The van der Waals surface area contributed by atoms with E-state index in [1.165, 1.54) is 11.3 Å². The Labute approximate surface area is 158 Å². The number of rotatable bonds is 6. The molecule has 27 heavy (non-hydrogen) atoms. The number of benzene rings is 1. The number of amides is 1. The van der Waals surface area contributed by atoms with Gasteiger partial charge in [-0.1, -0.05) is 46.8 Å². The van der Waals surface area contributed by atoms with Gasteiger partial charge in [0.15, 0.2) is 11.5 Å². The average molecular weight is 386 g/mol. The van der Waals surface area contributed by atoms with E-state index in [0.29, 0.717) is 10.8 Å². The molecule has 0 spiro atoms. The second-order valence-electron chi connectivity index (χ2n) is 6.46. The fraction of sp³-hybridized carbons (Fsp3) is 0.333. The molecule has 9 heteroatoms. The summed E-state index contributed by atoms with van der Waals surface area (Å²) in [6.07, 6.45) is 0.510. The molecule has 0 unspecified atom stereocenters. The summed E-state index contributed by atoms with van der Waals surface area (Å²) in [5.74, 6) is 0.485. The second-order valence-corrected chi connectivity index (χ2v) is 7.50. The number of aliphatic hydroxyl groups excluding tert-OH is 2. The largest absolute Gasteiger partial charge is 0.393 e. The van der Waals surface area contributed by atoms with E-state index in [0.717, 1.165) is 23.4 Å². The maximum Gasteiger partial charge on any atom is 0.273 e. The first-order chi connectivity index (χ1) is 13.1. The average Bonchev–Trinajstić information content (AvgIpc) is 3.34. The van der Waals surface area contributed by atoms with Gasteiger partial charge in [0.05, 0.1) is 6.61 Å². The molecule has 1 amide bonds. The summed E-state index contributed by atoms with van der Waals surface area (Å²) in [6, 6.07) is 11.1. The SMILES string of the molecule is O=C(N[C@H]1C[C@@H](c2nnc([C@@H](O)CO)s2)C1)c1cc(-c2ccccc2)on1. The molecule has 0 bridgehead atoms. The van der Waals surface area contributed by atoms with Crippen LogP contribution in [0.2, 0.25) is 0 Å². The Hall–Kier alpha value is -2.62. The Balaban J connectivity index is 1.32. The number of nitrogens with zero attached hydrogens (tertiary/aromatic N) is 3. The summed E-state index contributed by atoms with van der Waals surface area (Å²) in [5, 5.41) is 34.5. The monoisotopic (exact) mass is 386 g/mol. The van der Waals surface area contributed by atoms with Gasteiger partial charge in [-0.15, -0.1) is 10.2 Å². The highest BCUT2D eigenvalue weighted by Gasteiger charge is 2.35. The molecule has 2 aromatic heterocycles. The lowest BCUT2D eigenvalue weighted by Crippen LogP contribution is -2.43. The predicted octanol–water partition coefficient (Wildman–Crippen LogP) is 1.89. The fourth-order valence-corrected chi connectivity index (χ4v) is 3.89. The van der Waals surface area contributed by atoms with E-state index < -0.39 is 6.10 Å². The van der Waals surface area contributed by atoms with Crippen LogP contribution in [0.5, 0.6) is 0 Å². The summed E-state index contributed by atoms with van der Waals surface area (Å²) in [6.45, 7) is -0.374. The van der Waals surface area contributed by atoms with Gasteiger partial charge >= 0.3 is 0 Å². The number of aliphatic hydroxyl groups is 2. The zero-order chi connectivity index (χ0) is 18.8. The van der Waals surface area contributed by atoms with Crippen molar-refractivity contribution in [2.75, 3.05) is 6.61 Å². The molecule has 1 atom stereocenters. The Morgan fingerprint density at radius 2 is 2.07 bits per heavy atom. The lowest BCUT2D eigenvalue weighted by molar-refractivity contribution is 0.0899. The van der Waals surface area contributed by atoms with Crippen molar-refractivity contribution in [3.05, 3.63) is 52.1 Å². The quantitative estimate of drug-likeness (QED) is 0.591. The first-order valence-corrected chi connectivity index (χ1v) is 9.41. The molecular formula is C18H18N4O4S. The van der Waals surface area contributed by atoms with Gasteiger partial charge < -0.3 is 20.1 Å². The normalized spacial score (nSPS) is 20.1. The third-order valence-electron chi connectivity index (χ3n) is 4.54. The van der Waals surface area contributed by atoms with Crippen LogP contribution in [-0.4, -0.2) is 44.1 Å². The molecule has 1 saturated carbocycles. The number of nitrogens with one attached hydrogen (secondary N) is 1. The molecule has 1 aromatic carbocycles. The van der Waals surface area contributed by atoms with Crippen LogP contribution in [0.4, 0.5) is 0 Å². The van der Waals surface area contributed by atoms with Crippen LogP contribution in [0.25, 0.3) is 11.3 Å². The highest BCUT2D eigenvalue weighted by atomic mass is 32.1. The molecule has 0 radical (unpaired) electrons. The number of carbonyl (C=O) groups is 1. The molecule has 0 saturated heterocycles. The summed E-state index contributed by atoms with van der Waals surface area (Å²) < 4.78 is 5.26. The summed E-state index contributed by atoms with van der Waals surface area (Å²) >= 11 is 1.30. The van der Waals surface area contributed by atoms with E-state index in [9.17, 15) is 9.90 Å². The van der Waals surface area contributed by atoms with Crippen LogP contribution in [0.15, 0.2) is 40.9 Å². The molecule has 140 valence electrons. The van der Waals surface area contributed by atoms with Crippen molar-refractivity contribution in [1.82, 2.24) is 20.7 Å². The lowest BCUT2D eigenvalue weighted by Gasteiger charge is -2.33. The predicted molar refractivity (Wildman–Crippen MR) is 97.1 cm³/mol. The number of carbonyl (C=O) groups excluding carboxylic acids is 1. The third-order valence-corrected chi connectivity index (χ3v) is 5.72. The van der Waals surface area contributed by atoms with Crippen LogP contribution in [0, 0.1) is 0 Å². The van der Waals surface area contributed by atoms with Crippen molar-refractivity contribution in [3.63, 3.8) is 0 Å². The highest BCUT2D eigenvalue weighted by Crippen LogP contribution is 2.39. The highest BCUT2D eigenvalue weighted by molar-refractivity contribution is 7.11. The minimum atomic E-state index is -0.988. The van der Waals surface area contributed by atoms with Crippen LogP contribution in [0.1, 0.15) is 45.4 Å². The van der Waals surface area contributed by atoms with Gasteiger partial charge in [0.2, 0.25) is 0 Å². The summed E-state index contributed by atoms with van der Waals surface area (Å²) in [4.78, 5) is 12.3. The molecule has 1 fully saturated rings. The Bertz CT molecular complexity index is 920. The number of hydrogen-bond donors (Lipinski definition) is 3. The van der Waals surface area contributed by atoms with Crippen LogP contribution in [-0.2, 0) is 0 Å². The molecule has 2 heterocycles. The molecule has 3 aromatic rings. The van der Waals surface area contributed by atoms with Gasteiger partial charge in [0.25, 0.3) is 5.91 Å². The van der Waals surface area contributed by atoms with Gasteiger partial charge in [-0.05, 0) is 12.8 Å². The lowest BCUT2D eigenvalue weighted by atomic mass is 9.80. The minimum Gasteiger partial charge on any atom is -0.393 e. The number of hydrogen-bond acceptors (Lipinski definition) is 8. The van der Waals surface area contributed by atoms with Crippen molar-refractivity contribution in [2.45, 2.75) is 30.9 Å². The van der Waals surface area contributed by atoms with Gasteiger partial charge in [-0.2, -0.15) is 0 Å². The molecule has 3 N–H and O–H groups in total. The fourth-order valence-electron chi connectivity index (χ4n) is 2.94. The Morgan fingerprint density at radius 1 is 1.30 bits per heavy atom. The van der Waals surface area contributed by atoms with E-state index >= 15 is 0 Å². The van der Waals surface area contributed by atoms with Crippen LogP contribution >= 0.6 is 11.3 Å². The Morgan fingerprint density at radius 3 is 2.81 bits per heavy atom. The second kappa shape index (κ2) is 7.55. The topological polar surface area (TPSA) is 121 Å². The smallest absolute Gasteiger partial charge is 0.273 e. The van der Waals surface area contributed by atoms with E-state index in [4.69, 9.17) is 9.63 Å². The molecule has 0 aliphatic heterocycles. The van der Waals surface area contributed by atoms with Gasteiger partial charge in [-0.3, -0.25) is 4.79 Å². The van der Waals surface area contributed by atoms with Gasteiger partial charge in [0, 0.05) is 23.6 Å². The Kier molecular flexibility index (Phi) is 4.97. The van der Waals surface area contributed by atoms with Crippen LogP contribution < -0.4 is 5.32 Å². The van der Waals surface area contributed by atoms with Crippen molar-refractivity contribution in [2.24, 2.45) is 0 Å². The van der Waals surface area contributed by atoms with E-state index in [1.807, 2.05) is 30.3 Å². The molecule has 8 nitrogen and oxygen atoms in total. The first-order valence-electron chi connectivity index (χ1n) is 8.59. The maximum atomic E-state index is 12.3. The third kappa shape index (κ3) is 3.75. The standard InChI is InChI=1S/C18H18N4O4S/c23-9-14(24)18-21-20-17(27-18)11-6-12(7-11)19-16(25)13-8-15(26-22-13)10-4-2-1-3-5-10/h1-5,8,11-12,14,23-24H,6-7,9H2,(H,19,25)/t11-,12+,14-/m0/s1. The summed E-state index contributed by atoms with van der Waals surface area (Å²) in [5.41, 5.74) is 1.12. The molecule has 4 rings (SSSR count). The van der Waals surface area contributed by atoms with E-state index in [2.05, 4.69) is 20.7 Å². The minimum absolute atomic E-state index is 0.0366. The van der Waals surface area contributed by atoms with Crippen molar-refractivity contribution < 1.29 is 19.5 Å². The first kappa shape index (κ1) is 17.8. The number of aromatic nitrogens is 3. The van der Waals surface area contributed by atoms with Gasteiger partial charge in [-0.25, -0.2) is 0 Å². The molecular weight excluding hydrogens is 368 g/mol. The zero-order valence-corrected chi connectivity index (χ0v) is 15.1. The van der Waals surface area contributed by atoms with Crippen molar-refractivity contribution in [3.8, 4) is 11.3 Å². The van der Waals surface area contributed by atoms with Crippen LogP contribution in [0.3, 0.4) is 0 Å². The molecule has 1 aliphatic rings. The van der Waals surface area contributed by atoms with E-state index in [1.54, 1.807) is 6.07 Å². The van der Waals surface area contributed by atoms with Crippen molar-refractivity contribution >= 4 is 17.2 Å². The zero-order valence-electron chi connectivity index (χ0n) is 14.3. The van der Waals surface area contributed by atoms with Gasteiger partial charge in [0.1, 0.15) is 16.1 Å². The maximum absolute atomic E-state index is 12.3. The van der Waals surface area contributed by atoms with E-state index in [-0.39, 0.29) is 30.2 Å².